The maximum atomic E-state index is 6.32. The molecule has 2 aromatic rings. The third-order valence-electron chi connectivity index (χ3n) is 3.34. The minimum absolute atomic E-state index is 0.648. The van der Waals surface area contributed by atoms with Gasteiger partial charge in [-0.1, -0.05) is 23.7 Å². The highest BCUT2D eigenvalue weighted by atomic mass is 35.5. The van der Waals surface area contributed by atoms with Crippen molar-refractivity contribution in [2.75, 3.05) is 7.11 Å². The van der Waals surface area contributed by atoms with Gasteiger partial charge in [0.1, 0.15) is 17.2 Å². The molecule has 106 valence electrons. The summed E-state index contributed by atoms with van der Waals surface area (Å²) in [5, 5.41) is 0.648. The molecule has 2 nitrogen and oxygen atoms in total. The van der Waals surface area contributed by atoms with Crippen LogP contribution in [0.1, 0.15) is 22.3 Å². The van der Waals surface area contributed by atoms with E-state index in [1.165, 1.54) is 0 Å². The molecule has 0 saturated carbocycles. The quantitative estimate of drug-likeness (QED) is 0.756. The van der Waals surface area contributed by atoms with Crippen LogP contribution in [-0.4, -0.2) is 7.11 Å². The van der Waals surface area contributed by atoms with E-state index in [4.69, 9.17) is 21.1 Å². The standard InChI is InChI=1S/C17H19ClO2/c1-10-8-12(3)16(18)15(9-10)20-14-7-6-11(2)17(19-5)13(14)4/h6-9H,1-5H3. The first-order valence-corrected chi connectivity index (χ1v) is 6.90. The molecule has 0 aromatic heterocycles. The molecule has 2 aromatic carbocycles. The van der Waals surface area contributed by atoms with Gasteiger partial charge in [0.2, 0.25) is 0 Å². The summed E-state index contributed by atoms with van der Waals surface area (Å²) in [5.41, 5.74) is 4.20. The fourth-order valence-electron chi connectivity index (χ4n) is 2.34. The third-order valence-corrected chi connectivity index (χ3v) is 3.83. The lowest BCUT2D eigenvalue weighted by Crippen LogP contribution is -1.95. The first-order chi connectivity index (χ1) is 9.43. The third kappa shape index (κ3) is 2.75. The normalized spacial score (nSPS) is 10.5. The van der Waals surface area contributed by atoms with Crippen LogP contribution < -0.4 is 9.47 Å². The second-order valence-corrected chi connectivity index (χ2v) is 5.41. The Balaban J connectivity index is 2.46. The van der Waals surface area contributed by atoms with E-state index < -0.39 is 0 Å². The van der Waals surface area contributed by atoms with Gasteiger partial charge in [0, 0.05) is 5.56 Å². The van der Waals surface area contributed by atoms with Crippen molar-refractivity contribution in [3.8, 4) is 17.2 Å². The van der Waals surface area contributed by atoms with Crippen LogP contribution in [0.4, 0.5) is 0 Å². The van der Waals surface area contributed by atoms with E-state index in [-0.39, 0.29) is 0 Å². The van der Waals surface area contributed by atoms with Gasteiger partial charge in [-0.15, -0.1) is 0 Å². The summed E-state index contributed by atoms with van der Waals surface area (Å²) in [6, 6.07) is 7.91. The lowest BCUT2D eigenvalue weighted by molar-refractivity contribution is 0.401. The number of methoxy groups -OCH3 is 1. The van der Waals surface area contributed by atoms with E-state index in [9.17, 15) is 0 Å². The minimum Gasteiger partial charge on any atom is -0.496 e. The number of ether oxygens (including phenoxy) is 2. The van der Waals surface area contributed by atoms with Crippen LogP contribution in [0.2, 0.25) is 5.02 Å². The van der Waals surface area contributed by atoms with Gasteiger partial charge in [-0.3, -0.25) is 0 Å². The Bertz CT molecular complexity index is 648. The molecule has 0 aliphatic rings. The number of hydrogen-bond acceptors (Lipinski definition) is 2. The average molecular weight is 291 g/mol. The van der Waals surface area contributed by atoms with Crippen molar-refractivity contribution in [3.05, 3.63) is 51.5 Å². The van der Waals surface area contributed by atoms with Crippen molar-refractivity contribution in [1.29, 1.82) is 0 Å². The van der Waals surface area contributed by atoms with Crippen LogP contribution in [0.5, 0.6) is 17.2 Å². The van der Waals surface area contributed by atoms with Crippen LogP contribution in [0.15, 0.2) is 24.3 Å². The number of hydrogen-bond donors (Lipinski definition) is 0. The topological polar surface area (TPSA) is 18.5 Å². The van der Waals surface area contributed by atoms with Crippen molar-refractivity contribution < 1.29 is 9.47 Å². The molecule has 0 aliphatic heterocycles. The van der Waals surface area contributed by atoms with Crippen LogP contribution >= 0.6 is 11.6 Å². The Morgan fingerprint density at radius 3 is 2.25 bits per heavy atom. The highest BCUT2D eigenvalue weighted by Crippen LogP contribution is 2.37. The number of halogens is 1. The van der Waals surface area contributed by atoms with Gasteiger partial charge in [0.05, 0.1) is 12.1 Å². The highest BCUT2D eigenvalue weighted by molar-refractivity contribution is 6.32. The predicted octanol–water partition coefficient (Wildman–Crippen LogP) is 5.37. The monoisotopic (exact) mass is 290 g/mol. The zero-order chi connectivity index (χ0) is 14.9. The maximum Gasteiger partial charge on any atom is 0.146 e. The molecule has 0 aliphatic carbocycles. The Labute approximate surface area is 125 Å². The van der Waals surface area contributed by atoms with Crippen molar-refractivity contribution in [2.24, 2.45) is 0 Å². The Kier molecular flexibility index (Phi) is 4.24. The molecule has 0 spiro atoms. The number of aryl methyl sites for hydroxylation is 3. The predicted molar refractivity (Wildman–Crippen MR) is 83.5 cm³/mol. The lowest BCUT2D eigenvalue weighted by atomic mass is 10.1. The second kappa shape index (κ2) is 5.76. The fourth-order valence-corrected chi connectivity index (χ4v) is 2.49. The van der Waals surface area contributed by atoms with Gasteiger partial charge in [-0.2, -0.15) is 0 Å². The second-order valence-electron chi connectivity index (χ2n) is 5.03. The van der Waals surface area contributed by atoms with Crippen LogP contribution in [-0.2, 0) is 0 Å². The first kappa shape index (κ1) is 14.7. The van der Waals surface area contributed by atoms with E-state index in [1.807, 2.05) is 52.0 Å². The van der Waals surface area contributed by atoms with Gasteiger partial charge in [0.15, 0.2) is 0 Å². The van der Waals surface area contributed by atoms with Gasteiger partial charge in [0.25, 0.3) is 0 Å². The van der Waals surface area contributed by atoms with Crippen molar-refractivity contribution in [1.82, 2.24) is 0 Å². The molecule has 0 unspecified atom stereocenters. The van der Waals surface area contributed by atoms with Gasteiger partial charge < -0.3 is 9.47 Å². The lowest BCUT2D eigenvalue weighted by Gasteiger charge is -2.15. The Morgan fingerprint density at radius 2 is 1.60 bits per heavy atom. The van der Waals surface area contributed by atoms with Crippen LogP contribution in [0.25, 0.3) is 0 Å². The summed E-state index contributed by atoms with van der Waals surface area (Å²) in [6.45, 7) is 8.00. The number of rotatable bonds is 3. The van der Waals surface area contributed by atoms with E-state index in [2.05, 4.69) is 0 Å². The molecule has 0 atom stereocenters. The zero-order valence-electron chi connectivity index (χ0n) is 12.5. The van der Waals surface area contributed by atoms with E-state index >= 15 is 0 Å². The van der Waals surface area contributed by atoms with Crippen molar-refractivity contribution >= 4 is 11.6 Å². The van der Waals surface area contributed by atoms with Gasteiger partial charge >= 0.3 is 0 Å². The largest absolute Gasteiger partial charge is 0.496 e. The van der Waals surface area contributed by atoms with Gasteiger partial charge in [-0.25, -0.2) is 0 Å². The fraction of sp³-hybridized carbons (Fsp3) is 0.294. The van der Waals surface area contributed by atoms with Crippen molar-refractivity contribution in [2.45, 2.75) is 27.7 Å². The summed E-state index contributed by atoms with van der Waals surface area (Å²) >= 11 is 6.32. The Morgan fingerprint density at radius 1 is 0.900 bits per heavy atom. The van der Waals surface area contributed by atoms with Gasteiger partial charge in [-0.05, 0) is 56.5 Å². The van der Waals surface area contributed by atoms with Crippen LogP contribution in [0, 0.1) is 27.7 Å². The molecule has 2 rings (SSSR count). The molecule has 0 bridgehead atoms. The summed E-state index contributed by atoms with van der Waals surface area (Å²) < 4.78 is 11.4. The highest BCUT2D eigenvalue weighted by Gasteiger charge is 2.12. The number of benzene rings is 2. The molecular formula is C17H19ClO2. The summed E-state index contributed by atoms with van der Waals surface area (Å²) in [5.74, 6) is 2.29. The van der Waals surface area contributed by atoms with E-state index in [0.29, 0.717) is 10.8 Å². The average Bonchev–Trinajstić information content (AvgIpc) is 2.39. The molecule has 0 fully saturated rings. The molecule has 0 N–H and O–H groups in total. The molecular weight excluding hydrogens is 272 g/mol. The smallest absolute Gasteiger partial charge is 0.146 e. The molecule has 3 heteroatoms. The van der Waals surface area contributed by atoms with E-state index in [1.54, 1.807) is 7.11 Å². The Hall–Kier alpha value is -1.67. The SMILES string of the molecule is COc1c(C)ccc(Oc2cc(C)cc(C)c2Cl)c1C. The van der Waals surface area contributed by atoms with E-state index in [0.717, 1.165) is 33.8 Å². The summed E-state index contributed by atoms with van der Waals surface area (Å²) in [7, 11) is 1.67. The molecule has 20 heavy (non-hydrogen) atoms. The maximum absolute atomic E-state index is 6.32. The molecule has 0 saturated heterocycles. The zero-order valence-corrected chi connectivity index (χ0v) is 13.3. The first-order valence-electron chi connectivity index (χ1n) is 6.52. The molecule has 0 heterocycles. The molecule has 0 radical (unpaired) electrons. The molecule has 0 amide bonds. The summed E-state index contributed by atoms with van der Waals surface area (Å²) in [6.07, 6.45) is 0. The minimum atomic E-state index is 0.648. The summed E-state index contributed by atoms with van der Waals surface area (Å²) in [4.78, 5) is 0. The van der Waals surface area contributed by atoms with Crippen molar-refractivity contribution in [3.63, 3.8) is 0 Å². The van der Waals surface area contributed by atoms with Crippen LogP contribution in [0.3, 0.4) is 0 Å².